The number of hydrogen-bond acceptors (Lipinski definition) is 6. The Morgan fingerprint density at radius 2 is 0.583 bits per heavy atom. The molecule has 474 valence electrons. The van der Waals surface area contributed by atoms with Gasteiger partial charge in [0.2, 0.25) is 0 Å². The van der Waals surface area contributed by atoms with Gasteiger partial charge in [0, 0.05) is 44.4 Å². The van der Waals surface area contributed by atoms with Crippen LogP contribution >= 0.6 is 0 Å². The average Bonchev–Trinajstić information content (AvgIpc) is 0.953. The first-order valence-electron chi connectivity index (χ1n) is 33.2. The smallest absolute Gasteiger partial charge is 0.176 e. The Labute approximate surface area is 561 Å². The molecule has 13 aromatic rings. The van der Waals surface area contributed by atoms with Crippen LogP contribution in [0.1, 0.15) is 128 Å². The number of nitrogens with zero attached hydrogens (tertiary/aromatic N) is 2. The first-order chi connectivity index (χ1) is 45.9. The van der Waals surface area contributed by atoms with Crippen molar-refractivity contribution in [1.82, 2.24) is 19.9 Å². The molecule has 0 atom stereocenters. The van der Waals surface area contributed by atoms with E-state index in [9.17, 15) is 10.2 Å². The van der Waals surface area contributed by atoms with Gasteiger partial charge >= 0.3 is 0 Å². The van der Waals surface area contributed by atoms with Crippen LogP contribution in [0.3, 0.4) is 0 Å². The van der Waals surface area contributed by atoms with Crippen molar-refractivity contribution in [3.05, 3.63) is 251 Å². The Morgan fingerprint density at radius 3 is 0.917 bits per heavy atom. The second kappa shape index (κ2) is 22.9. The molecule has 0 aliphatic carbocycles. The third-order valence-corrected chi connectivity index (χ3v) is 19.1. The molecule has 0 saturated heterocycles. The van der Waals surface area contributed by atoms with Crippen LogP contribution in [0.15, 0.2) is 206 Å². The number of hydrogen-bond donors (Lipinski definition) is 4. The van der Waals surface area contributed by atoms with E-state index in [1.165, 1.54) is 22.3 Å². The number of phenols is 2. The van der Waals surface area contributed by atoms with Gasteiger partial charge in [-0.15, -0.1) is 0 Å². The molecule has 0 amide bonds. The maximum Gasteiger partial charge on any atom is 0.176 e. The molecule has 2 aliphatic rings. The van der Waals surface area contributed by atoms with Crippen molar-refractivity contribution < 1.29 is 19.7 Å². The van der Waals surface area contributed by atoms with Gasteiger partial charge in [0.05, 0.1) is 22.4 Å². The van der Waals surface area contributed by atoms with E-state index in [4.69, 9.17) is 19.4 Å². The lowest BCUT2D eigenvalue weighted by Gasteiger charge is -2.26. The van der Waals surface area contributed by atoms with Gasteiger partial charge in [0.15, 0.2) is 11.5 Å². The third kappa shape index (κ3) is 11.0. The number of nitrogens with one attached hydrogen (secondary N) is 2. The quantitative estimate of drug-likeness (QED) is 0.120. The van der Waals surface area contributed by atoms with E-state index in [0.29, 0.717) is 56.5 Å². The summed E-state index contributed by atoms with van der Waals surface area (Å²) in [7, 11) is 0. The highest BCUT2D eigenvalue weighted by molar-refractivity contribution is 6.12. The highest BCUT2D eigenvalue weighted by atomic mass is 16.5. The Hall–Kier alpha value is -11.0. The zero-order valence-electron chi connectivity index (χ0n) is 56.5. The SMILES string of the molecule is CC(C)(C)c1cc(-c2c3nc(c(Oc4ccc5ccccc5c4-c4c(O)ccc5ccccc45)c4ccc([nH]4)c(-c4cc(C(C)(C)C)cc(C(C)(C)C)c4)c4nc(c(Oc5ccc6ccccc6c5-c5c(O)ccc6ccccc56)c5ccc2[nH]5)C=C4)C=C3)cc(C(C)(C)C)c1. The molecule has 5 heterocycles. The highest BCUT2D eigenvalue weighted by Gasteiger charge is 2.29. The molecule has 15 rings (SSSR count). The molecule has 0 spiro atoms. The summed E-state index contributed by atoms with van der Waals surface area (Å²) in [5, 5.41) is 32.0. The molecule has 0 saturated carbocycles. The van der Waals surface area contributed by atoms with Crippen LogP contribution in [0.25, 0.3) is 134 Å². The van der Waals surface area contributed by atoms with Crippen LogP contribution in [-0.2, 0) is 21.7 Å². The van der Waals surface area contributed by atoms with Crippen molar-refractivity contribution in [1.29, 1.82) is 0 Å². The van der Waals surface area contributed by atoms with Crippen molar-refractivity contribution in [3.8, 4) is 79.0 Å². The van der Waals surface area contributed by atoms with Crippen LogP contribution in [0.4, 0.5) is 0 Å². The Kier molecular flexibility index (Phi) is 14.6. The number of aromatic hydroxyl groups is 2. The van der Waals surface area contributed by atoms with E-state index in [1.54, 1.807) is 12.1 Å². The van der Waals surface area contributed by atoms with Crippen LogP contribution in [0, 0.1) is 0 Å². The first kappa shape index (κ1) is 61.2. The van der Waals surface area contributed by atoms with Crippen molar-refractivity contribution >= 4 is 89.5 Å². The summed E-state index contributed by atoms with van der Waals surface area (Å²) in [6.07, 6.45) is 8.32. The van der Waals surface area contributed by atoms with Crippen molar-refractivity contribution in [3.63, 3.8) is 0 Å². The summed E-state index contributed by atoms with van der Waals surface area (Å²) in [6, 6.07) is 71.0. The molecular weight excluding hydrogens is 1180 g/mol. The van der Waals surface area contributed by atoms with E-state index in [1.807, 2.05) is 72.8 Å². The van der Waals surface area contributed by atoms with E-state index >= 15 is 0 Å². The number of aromatic amines is 2. The van der Waals surface area contributed by atoms with Gasteiger partial charge in [-0.05, 0) is 171 Å². The summed E-state index contributed by atoms with van der Waals surface area (Å²) < 4.78 is 15.3. The number of benzene rings is 10. The predicted molar refractivity (Wildman–Crippen MR) is 402 cm³/mol. The summed E-state index contributed by atoms with van der Waals surface area (Å²) in [5.74, 6) is 2.36. The zero-order chi connectivity index (χ0) is 66.7. The van der Waals surface area contributed by atoms with Gasteiger partial charge in [0.1, 0.15) is 34.4 Å². The molecule has 2 aliphatic heterocycles. The summed E-state index contributed by atoms with van der Waals surface area (Å²) >= 11 is 0. The number of phenolic OH excluding ortho intramolecular Hbond substituents is 2. The van der Waals surface area contributed by atoms with E-state index in [2.05, 4.69) is 239 Å². The van der Waals surface area contributed by atoms with Crippen LogP contribution < -0.4 is 9.47 Å². The van der Waals surface area contributed by atoms with Crippen molar-refractivity contribution in [2.75, 3.05) is 0 Å². The summed E-state index contributed by atoms with van der Waals surface area (Å²) in [6.45, 7) is 27.2. The Bertz CT molecular complexity index is 5200. The predicted octanol–water partition coefficient (Wildman–Crippen LogP) is 24.1. The number of aromatic nitrogens is 4. The third-order valence-electron chi connectivity index (χ3n) is 19.1. The molecule has 4 N–H and O–H groups in total. The molecule has 0 unspecified atom stereocenters. The Balaban J connectivity index is 1.08. The molecular formula is C88H78N4O4. The molecule has 10 aromatic carbocycles. The molecule has 0 radical (unpaired) electrons. The largest absolute Gasteiger partial charge is 0.507 e. The molecule has 8 nitrogen and oxygen atoms in total. The number of fused-ring (bicyclic) bond motifs is 12. The fourth-order valence-corrected chi connectivity index (χ4v) is 13.7. The second-order valence-corrected chi connectivity index (χ2v) is 29.9. The van der Waals surface area contributed by atoms with Gasteiger partial charge in [-0.25, -0.2) is 9.97 Å². The van der Waals surface area contributed by atoms with Crippen LogP contribution in [0.5, 0.6) is 34.5 Å². The number of rotatable bonds is 8. The fourth-order valence-electron chi connectivity index (χ4n) is 13.7. The molecule has 3 aromatic heterocycles. The fraction of sp³-hybridized carbons (Fsp3) is 0.182. The van der Waals surface area contributed by atoms with Gasteiger partial charge < -0.3 is 29.7 Å². The topological polar surface area (TPSA) is 116 Å². The Morgan fingerprint density at radius 1 is 0.292 bits per heavy atom. The van der Waals surface area contributed by atoms with E-state index in [-0.39, 0.29) is 33.2 Å². The lowest BCUT2D eigenvalue weighted by molar-refractivity contribution is 0.474. The monoisotopic (exact) mass is 1250 g/mol. The highest BCUT2D eigenvalue weighted by Crippen LogP contribution is 2.51. The van der Waals surface area contributed by atoms with Crippen molar-refractivity contribution in [2.45, 2.75) is 105 Å². The maximum atomic E-state index is 12.2. The van der Waals surface area contributed by atoms with E-state index in [0.717, 1.165) is 98.9 Å². The lowest BCUT2D eigenvalue weighted by atomic mass is 9.78. The van der Waals surface area contributed by atoms with Crippen molar-refractivity contribution in [2.24, 2.45) is 0 Å². The minimum atomic E-state index is -0.207. The minimum Gasteiger partial charge on any atom is -0.507 e. The van der Waals surface area contributed by atoms with E-state index < -0.39 is 0 Å². The van der Waals surface area contributed by atoms with Gasteiger partial charge in [-0.1, -0.05) is 241 Å². The molecule has 0 fully saturated rings. The molecule has 8 bridgehead atoms. The number of H-pyrrole nitrogens is 2. The summed E-state index contributed by atoms with van der Waals surface area (Å²) in [4.78, 5) is 19.4. The van der Waals surface area contributed by atoms with Gasteiger partial charge in [0.25, 0.3) is 0 Å². The lowest BCUT2D eigenvalue weighted by Crippen LogP contribution is -2.16. The summed E-state index contributed by atoms with van der Waals surface area (Å²) in [5.41, 5.74) is 16.1. The van der Waals surface area contributed by atoms with Crippen LogP contribution in [0.2, 0.25) is 0 Å². The molecule has 8 heteroatoms. The minimum absolute atomic E-state index is 0.144. The number of ether oxygens (including phenoxy) is 2. The zero-order valence-corrected chi connectivity index (χ0v) is 56.5. The average molecular weight is 1260 g/mol. The standard InChI is InChI=1S/C88H78N4O4/c1-85(2,3)57-45-55(46-58(49-57)86(4,5)6)77-65-33-37-69(89-65)83(95-75-43-31-53-23-15-19-27-63(53)81(75)79-61-25-17-13-21-51(61)29-41-73(79)93)71-39-35-67(91-71)78(56-47-59(87(7,8)9)50-60(48-56)88(10,11)12)68-36-40-72(92-68)84(70-38-34-66(77)90-70)96-76-44-32-54-24-16-20-28-64(54)82(76)80-62-26-18-14-22-52(62)30-42-74(80)94/h13-50,89,92-94H,1-12H3. The van der Waals surface area contributed by atoms with Gasteiger partial charge in [-0.3, -0.25) is 0 Å². The maximum absolute atomic E-state index is 12.2. The normalized spacial score (nSPS) is 12.8. The van der Waals surface area contributed by atoms with Gasteiger partial charge in [-0.2, -0.15) is 0 Å². The molecule has 96 heavy (non-hydrogen) atoms. The first-order valence-corrected chi connectivity index (χ1v) is 33.2. The second-order valence-electron chi connectivity index (χ2n) is 29.9. The van der Waals surface area contributed by atoms with Crippen LogP contribution in [-0.4, -0.2) is 30.1 Å².